The summed E-state index contributed by atoms with van der Waals surface area (Å²) in [5, 5.41) is 0. The molecular weight excluding hydrogens is 208 g/mol. The van der Waals surface area contributed by atoms with Crippen LogP contribution < -0.4 is 4.74 Å². The Morgan fingerprint density at radius 2 is 2.27 bits per heavy atom. The van der Waals surface area contributed by atoms with E-state index in [1.807, 2.05) is 18.4 Å². The molecule has 1 aromatic carbocycles. The van der Waals surface area contributed by atoms with E-state index in [0.717, 1.165) is 16.9 Å². The average molecular weight is 224 g/mol. The second-order valence-corrected chi connectivity index (χ2v) is 4.27. The van der Waals surface area contributed by atoms with E-state index in [4.69, 9.17) is 4.74 Å². The molecule has 0 amide bonds. The fraction of sp³-hybridized carbons (Fsp3) is 0.417. The summed E-state index contributed by atoms with van der Waals surface area (Å²) < 4.78 is 5.24. The standard InChI is InChI=1S/C12H16O2S/c1-9(6-7-13)10-4-5-11(14-2)12(8-10)15-3/h4-5,7-9H,6H2,1-3H3. The van der Waals surface area contributed by atoms with Crippen LogP contribution in [0.4, 0.5) is 0 Å². The van der Waals surface area contributed by atoms with E-state index in [2.05, 4.69) is 13.0 Å². The number of rotatable bonds is 5. The minimum atomic E-state index is 0.277. The molecule has 0 saturated heterocycles. The first-order valence-corrected chi connectivity index (χ1v) is 6.11. The molecule has 82 valence electrons. The van der Waals surface area contributed by atoms with E-state index >= 15 is 0 Å². The molecule has 1 atom stereocenters. The predicted octanol–water partition coefficient (Wildman–Crippen LogP) is 3.11. The van der Waals surface area contributed by atoms with Crippen LogP contribution in [0.3, 0.4) is 0 Å². The number of aldehydes is 1. The smallest absolute Gasteiger partial charge is 0.132 e. The van der Waals surface area contributed by atoms with Crippen LogP contribution in [0.5, 0.6) is 5.75 Å². The highest BCUT2D eigenvalue weighted by Gasteiger charge is 2.08. The monoisotopic (exact) mass is 224 g/mol. The zero-order chi connectivity index (χ0) is 11.3. The molecule has 0 aliphatic heterocycles. The second kappa shape index (κ2) is 5.81. The van der Waals surface area contributed by atoms with E-state index in [1.165, 1.54) is 5.56 Å². The summed E-state index contributed by atoms with van der Waals surface area (Å²) in [7, 11) is 1.67. The Labute approximate surface area is 95.0 Å². The van der Waals surface area contributed by atoms with E-state index < -0.39 is 0 Å². The Bertz CT molecular complexity index is 336. The predicted molar refractivity (Wildman–Crippen MR) is 63.9 cm³/mol. The topological polar surface area (TPSA) is 26.3 Å². The molecule has 1 rings (SSSR count). The van der Waals surface area contributed by atoms with Crippen LogP contribution in [-0.4, -0.2) is 19.7 Å². The van der Waals surface area contributed by atoms with Crippen molar-refractivity contribution in [1.29, 1.82) is 0 Å². The second-order valence-electron chi connectivity index (χ2n) is 3.42. The summed E-state index contributed by atoms with van der Waals surface area (Å²) in [5.74, 6) is 1.17. The molecule has 15 heavy (non-hydrogen) atoms. The summed E-state index contributed by atoms with van der Waals surface area (Å²) in [6.45, 7) is 2.06. The Kier molecular flexibility index (Phi) is 4.69. The van der Waals surface area contributed by atoms with Gasteiger partial charge in [0, 0.05) is 11.3 Å². The lowest BCUT2D eigenvalue weighted by molar-refractivity contribution is -0.108. The van der Waals surface area contributed by atoms with Crippen LogP contribution in [0.2, 0.25) is 0 Å². The fourth-order valence-corrected chi connectivity index (χ4v) is 2.05. The highest BCUT2D eigenvalue weighted by atomic mass is 32.2. The molecule has 0 aliphatic carbocycles. The molecule has 0 fully saturated rings. The lowest BCUT2D eigenvalue weighted by Crippen LogP contribution is -1.95. The minimum absolute atomic E-state index is 0.277. The van der Waals surface area contributed by atoms with Gasteiger partial charge in [0.2, 0.25) is 0 Å². The number of ether oxygens (including phenoxy) is 1. The van der Waals surface area contributed by atoms with Gasteiger partial charge in [-0.1, -0.05) is 13.0 Å². The van der Waals surface area contributed by atoms with Gasteiger partial charge in [0.15, 0.2) is 0 Å². The molecule has 0 aromatic heterocycles. The largest absolute Gasteiger partial charge is 0.496 e. The van der Waals surface area contributed by atoms with Crippen molar-refractivity contribution in [1.82, 2.24) is 0 Å². The van der Waals surface area contributed by atoms with Gasteiger partial charge >= 0.3 is 0 Å². The van der Waals surface area contributed by atoms with Crippen molar-refractivity contribution >= 4 is 18.0 Å². The molecule has 2 nitrogen and oxygen atoms in total. The van der Waals surface area contributed by atoms with Crippen LogP contribution in [-0.2, 0) is 4.79 Å². The van der Waals surface area contributed by atoms with Gasteiger partial charge < -0.3 is 9.53 Å². The number of hydrogen-bond acceptors (Lipinski definition) is 3. The summed E-state index contributed by atoms with van der Waals surface area (Å²) in [4.78, 5) is 11.6. The van der Waals surface area contributed by atoms with E-state index in [1.54, 1.807) is 18.9 Å². The summed E-state index contributed by atoms with van der Waals surface area (Å²) >= 11 is 1.66. The first-order valence-electron chi connectivity index (χ1n) is 4.88. The highest BCUT2D eigenvalue weighted by molar-refractivity contribution is 7.98. The molecule has 0 radical (unpaired) electrons. The van der Waals surface area contributed by atoms with Crippen LogP contribution in [0.25, 0.3) is 0 Å². The number of hydrogen-bond donors (Lipinski definition) is 0. The van der Waals surface area contributed by atoms with Gasteiger partial charge in [-0.05, 0) is 29.9 Å². The third kappa shape index (κ3) is 2.99. The maximum absolute atomic E-state index is 10.4. The maximum atomic E-state index is 10.4. The van der Waals surface area contributed by atoms with Crippen molar-refractivity contribution in [3.05, 3.63) is 23.8 Å². The summed E-state index contributed by atoms with van der Waals surface area (Å²) in [6, 6.07) is 6.08. The number of carbonyl (C=O) groups is 1. The lowest BCUT2D eigenvalue weighted by Gasteiger charge is -2.12. The molecular formula is C12H16O2S. The molecule has 1 unspecified atom stereocenters. The molecule has 0 saturated carbocycles. The van der Waals surface area contributed by atoms with Gasteiger partial charge in [0.25, 0.3) is 0 Å². The van der Waals surface area contributed by atoms with Gasteiger partial charge in [-0.25, -0.2) is 0 Å². The third-order valence-corrected chi connectivity index (χ3v) is 3.19. The first-order chi connectivity index (χ1) is 7.22. The zero-order valence-electron chi connectivity index (χ0n) is 9.32. The number of methoxy groups -OCH3 is 1. The quantitative estimate of drug-likeness (QED) is 0.568. The van der Waals surface area contributed by atoms with Crippen molar-refractivity contribution in [2.24, 2.45) is 0 Å². The maximum Gasteiger partial charge on any atom is 0.132 e. The average Bonchev–Trinajstić information content (AvgIpc) is 2.28. The Morgan fingerprint density at radius 3 is 2.80 bits per heavy atom. The fourth-order valence-electron chi connectivity index (χ4n) is 1.44. The van der Waals surface area contributed by atoms with Gasteiger partial charge in [-0.15, -0.1) is 11.8 Å². The molecule has 0 spiro atoms. The Hall–Kier alpha value is -0.960. The zero-order valence-corrected chi connectivity index (χ0v) is 10.1. The Balaban J connectivity index is 2.96. The number of benzene rings is 1. The van der Waals surface area contributed by atoms with Gasteiger partial charge in [-0.2, -0.15) is 0 Å². The van der Waals surface area contributed by atoms with Crippen molar-refractivity contribution < 1.29 is 9.53 Å². The number of thioether (sulfide) groups is 1. The molecule has 0 N–H and O–H groups in total. The first kappa shape index (κ1) is 12.1. The van der Waals surface area contributed by atoms with E-state index in [0.29, 0.717) is 6.42 Å². The van der Waals surface area contributed by atoms with Gasteiger partial charge in [0.05, 0.1) is 7.11 Å². The molecule has 0 bridgehead atoms. The van der Waals surface area contributed by atoms with Crippen molar-refractivity contribution in [2.75, 3.05) is 13.4 Å². The van der Waals surface area contributed by atoms with E-state index in [9.17, 15) is 4.79 Å². The Morgan fingerprint density at radius 1 is 1.53 bits per heavy atom. The van der Waals surface area contributed by atoms with Crippen LogP contribution in [0.1, 0.15) is 24.8 Å². The van der Waals surface area contributed by atoms with Gasteiger partial charge in [-0.3, -0.25) is 0 Å². The normalized spacial score (nSPS) is 12.2. The van der Waals surface area contributed by atoms with Crippen molar-refractivity contribution in [2.45, 2.75) is 24.2 Å². The van der Waals surface area contributed by atoms with Crippen LogP contribution in [0.15, 0.2) is 23.1 Å². The number of carbonyl (C=O) groups excluding carboxylic acids is 1. The molecule has 0 heterocycles. The van der Waals surface area contributed by atoms with Gasteiger partial charge in [0.1, 0.15) is 12.0 Å². The highest BCUT2D eigenvalue weighted by Crippen LogP contribution is 2.31. The lowest BCUT2D eigenvalue weighted by atomic mass is 9.98. The molecule has 0 aliphatic rings. The molecule has 3 heteroatoms. The summed E-state index contributed by atoms with van der Waals surface area (Å²) in [6.07, 6.45) is 3.56. The third-order valence-electron chi connectivity index (χ3n) is 2.43. The summed E-state index contributed by atoms with van der Waals surface area (Å²) in [5.41, 5.74) is 1.19. The van der Waals surface area contributed by atoms with Crippen molar-refractivity contribution in [3.8, 4) is 5.75 Å². The van der Waals surface area contributed by atoms with Crippen LogP contribution >= 0.6 is 11.8 Å². The van der Waals surface area contributed by atoms with Crippen LogP contribution in [0, 0.1) is 0 Å². The molecule has 1 aromatic rings. The minimum Gasteiger partial charge on any atom is -0.496 e. The van der Waals surface area contributed by atoms with Crippen molar-refractivity contribution in [3.63, 3.8) is 0 Å². The SMILES string of the molecule is COc1ccc(C(C)CC=O)cc1SC. The van der Waals surface area contributed by atoms with E-state index in [-0.39, 0.29) is 5.92 Å².